The fourth-order valence-electron chi connectivity index (χ4n) is 2.08. The second-order valence-corrected chi connectivity index (χ2v) is 7.04. The van der Waals surface area contributed by atoms with Gasteiger partial charge in [-0.3, -0.25) is 14.5 Å². The van der Waals surface area contributed by atoms with E-state index in [0.717, 1.165) is 0 Å². The number of nitrogens with zero attached hydrogens (tertiary/aromatic N) is 1. The molecule has 7 heteroatoms. The smallest absolute Gasteiger partial charge is 0.306 e. The first-order valence-corrected chi connectivity index (χ1v) is 8.24. The van der Waals surface area contributed by atoms with Crippen LogP contribution in [-0.4, -0.2) is 62.8 Å². The molecule has 1 fully saturated rings. The van der Waals surface area contributed by atoms with Gasteiger partial charge in [0.05, 0.1) is 31.1 Å². The van der Waals surface area contributed by atoms with Crippen molar-refractivity contribution < 1.29 is 22.7 Å². The largest absolute Gasteiger partial charge is 0.466 e. The zero-order valence-corrected chi connectivity index (χ0v) is 12.2. The fourth-order valence-corrected chi connectivity index (χ4v) is 3.89. The summed E-state index contributed by atoms with van der Waals surface area (Å²) >= 11 is 0. The average molecular weight is 291 g/mol. The van der Waals surface area contributed by atoms with Crippen LogP contribution in [0.15, 0.2) is 0 Å². The van der Waals surface area contributed by atoms with Crippen LogP contribution < -0.4 is 0 Å². The predicted molar refractivity (Wildman–Crippen MR) is 70.6 cm³/mol. The van der Waals surface area contributed by atoms with Crippen molar-refractivity contribution in [2.24, 2.45) is 0 Å². The summed E-state index contributed by atoms with van der Waals surface area (Å²) < 4.78 is 27.4. The van der Waals surface area contributed by atoms with Gasteiger partial charge < -0.3 is 4.74 Å². The molecule has 0 aromatic heterocycles. The van der Waals surface area contributed by atoms with E-state index in [1.54, 1.807) is 18.9 Å². The molecule has 0 aromatic carbocycles. The minimum atomic E-state index is -2.94. The molecule has 1 saturated heterocycles. The lowest BCUT2D eigenvalue weighted by molar-refractivity contribution is -0.144. The second kappa shape index (κ2) is 7.00. The van der Waals surface area contributed by atoms with Gasteiger partial charge in [0.25, 0.3) is 0 Å². The lowest BCUT2D eigenvalue weighted by Crippen LogP contribution is -2.36. The number of hydrogen-bond donors (Lipinski definition) is 0. The first-order valence-electron chi connectivity index (χ1n) is 6.42. The number of carbonyl (C=O) groups excluding carboxylic acids is 2. The number of ether oxygens (including phenoxy) is 1. The van der Waals surface area contributed by atoms with E-state index in [-0.39, 0.29) is 48.7 Å². The van der Waals surface area contributed by atoms with Crippen LogP contribution in [0.3, 0.4) is 0 Å². The van der Waals surface area contributed by atoms with Crippen molar-refractivity contribution in [2.75, 3.05) is 31.7 Å². The maximum Gasteiger partial charge on any atom is 0.306 e. The number of likely N-dealkylation sites (N-methyl/N-ethyl adjacent to an activating group) is 1. The molecule has 0 radical (unpaired) electrons. The molecule has 0 bridgehead atoms. The van der Waals surface area contributed by atoms with Gasteiger partial charge in [0.1, 0.15) is 5.78 Å². The zero-order valence-electron chi connectivity index (χ0n) is 11.4. The Balaban J connectivity index is 2.30. The summed E-state index contributed by atoms with van der Waals surface area (Å²) in [6, 6.07) is -0.0865. The molecule has 0 spiro atoms. The van der Waals surface area contributed by atoms with E-state index in [0.29, 0.717) is 13.0 Å². The van der Waals surface area contributed by atoms with Crippen LogP contribution in [-0.2, 0) is 24.2 Å². The molecule has 1 unspecified atom stereocenters. The van der Waals surface area contributed by atoms with Crippen LogP contribution in [0.2, 0.25) is 0 Å². The highest BCUT2D eigenvalue weighted by Crippen LogP contribution is 2.16. The predicted octanol–water partition coefficient (Wildman–Crippen LogP) is 0.0177. The summed E-state index contributed by atoms with van der Waals surface area (Å²) in [6.07, 6.45) is 0.802. The van der Waals surface area contributed by atoms with Crippen molar-refractivity contribution in [1.29, 1.82) is 0 Å². The number of carbonyl (C=O) groups is 2. The van der Waals surface area contributed by atoms with Crippen molar-refractivity contribution in [3.63, 3.8) is 0 Å². The SMILES string of the molecule is CCOC(=O)CCC(=O)CN(C)C1CCS(=O)(=O)C1. The molecule has 1 rings (SSSR count). The van der Waals surface area contributed by atoms with Gasteiger partial charge in [-0.25, -0.2) is 8.42 Å². The number of rotatable bonds is 7. The van der Waals surface area contributed by atoms with E-state index in [4.69, 9.17) is 4.74 Å². The van der Waals surface area contributed by atoms with Crippen LogP contribution in [0.25, 0.3) is 0 Å². The molecule has 110 valence electrons. The molecule has 1 aliphatic rings. The lowest BCUT2D eigenvalue weighted by atomic mass is 10.2. The van der Waals surface area contributed by atoms with Gasteiger partial charge in [-0.05, 0) is 20.4 Å². The van der Waals surface area contributed by atoms with Gasteiger partial charge in [0, 0.05) is 12.5 Å². The van der Waals surface area contributed by atoms with Gasteiger partial charge in [0.15, 0.2) is 9.84 Å². The number of Topliss-reactive ketones (excluding diaryl/α,β-unsaturated/α-hetero) is 1. The van der Waals surface area contributed by atoms with E-state index in [1.807, 2.05) is 0 Å². The molecule has 6 nitrogen and oxygen atoms in total. The summed E-state index contributed by atoms with van der Waals surface area (Å²) in [5.41, 5.74) is 0. The third kappa shape index (κ3) is 5.69. The third-order valence-electron chi connectivity index (χ3n) is 3.17. The molecule has 0 amide bonds. The molecule has 0 aromatic rings. The van der Waals surface area contributed by atoms with Crippen molar-refractivity contribution in [1.82, 2.24) is 4.90 Å². The molecule has 19 heavy (non-hydrogen) atoms. The molecular weight excluding hydrogens is 270 g/mol. The number of ketones is 1. The summed E-state index contributed by atoms with van der Waals surface area (Å²) in [5.74, 6) is -0.130. The van der Waals surface area contributed by atoms with Crippen LogP contribution in [0.5, 0.6) is 0 Å². The first-order chi connectivity index (χ1) is 8.84. The Morgan fingerprint density at radius 2 is 2.00 bits per heavy atom. The summed E-state index contributed by atoms with van der Waals surface area (Å²) in [4.78, 5) is 24.6. The summed E-state index contributed by atoms with van der Waals surface area (Å²) in [7, 11) is -1.19. The van der Waals surface area contributed by atoms with Crippen molar-refractivity contribution in [3.05, 3.63) is 0 Å². The fraction of sp³-hybridized carbons (Fsp3) is 0.833. The van der Waals surface area contributed by atoms with Gasteiger partial charge in [0.2, 0.25) is 0 Å². The monoisotopic (exact) mass is 291 g/mol. The number of esters is 1. The first kappa shape index (κ1) is 16.1. The van der Waals surface area contributed by atoms with E-state index < -0.39 is 9.84 Å². The quantitative estimate of drug-likeness (QED) is 0.615. The average Bonchev–Trinajstić information content (AvgIpc) is 2.67. The van der Waals surface area contributed by atoms with Crippen LogP contribution in [0.4, 0.5) is 0 Å². The van der Waals surface area contributed by atoms with Gasteiger partial charge >= 0.3 is 5.97 Å². The van der Waals surface area contributed by atoms with Crippen LogP contribution >= 0.6 is 0 Å². The van der Waals surface area contributed by atoms with Crippen LogP contribution in [0, 0.1) is 0 Å². The molecule has 1 heterocycles. The van der Waals surface area contributed by atoms with Crippen LogP contribution in [0.1, 0.15) is 26.2 Å². The second-order valence-electron chi connectivity index (χ2n) is 4.82. The highest BCUT2D eigenvalue weighted by Gasteiger charge is 2.31. The maximum absolute atomic E-state index is 11.7. The van der Waals surface area contributed by atoms with Gasteiger partial charge in [-0.2, -0.15) is 0 Å². The molecular formula is C12H21NO5S. The number of sulfone groups is 1. The number of hydrogen-bond acceptors (Lipinski definition) is 6. The van der Waals surface area contributed by atoms with E-state index in [1.165, 1.54) is 0 Å². The standard InChI is InChI=1S/C12H21NO5S/c1-3-18-12(15)5-4-11(14)8-13(2)10-6-7-19(16,17)9-10/h10H,3-9H2,1-2H3. The Kier molecular flexibility index (Phi) is 5.93. The molecule has 1 atom stereocenters. The summed E-state index contributed by atoms with van der Waals surface area (Å²) in [5, 5.41) is 0. The molecule has 1 aliphatic heterocycles. The van der Waals surface area contributed by atoms with Crippen molar-refractivity contribution in [2.45, 2.75) is 32.2 Å². The Bertz CT molecular complexity index is 431. The molecule has 0 N–H and O–H groups in total. The van der Waals surface area contributed by atoms with Gasteiger partial charge in [-0.1, -0.05) is 0 Å². The molecule has 0 saturated carbocycles. The Morgan fingerprint density at radius 1 is 1.32 bits per heavy atom. The Hall–Kier alpha value is -0.950. The van der Waals surface area contributed by atoms with Gasteiger partial charge in [-0.15, -0.1) is 0 Å². The normalized spacial score (nSPS) is 21.5. The minimum absolute atomic E-state index is 0.0696. The third-order valence-corrected chi connectivity index (χ3v) is 4.92. The molecule has 0 aliphatic carbocycles. The zero-order chi connectivity index (χ0) is 14.5. The minimum Gasteiger partial charge on any atom is -0.466 e. The Labute approximate surface area is 114 Å². The Morgan fingerprint density at radius 3 is 2.53 bits per heavy atom. The maximum atomic E-state index is 11.7. The lowest BCUT2D eigenvalue weighted by Gasteiger charge is -2.21. The highest BCUT2D eigenvalue weighted by molar-refractivity contribution is 7.91. The highest BCUT2D eigenvalue weighted by atomic mass is 32.2. The van der Waals surface area contributed by atoms with E-state index in [2.05, 4.69) is 0 Å². The topological polar surface area (TPSA) is 80.8 Å². The van der Waals surface area contributed by atoms with Crippen molar-refractivity contribution >= 4 is 21.6 Å². The van der Waals surface area contributed by atoms with E-state index in [9.17, 15) is 18.0 Å². The van der Waals surface area contributed by atoms with E-state index >= 15 is 0 Å². The summed E-state index contributed by atoms with van der Waals surface area (Å²) in [6.45, 7) is 2.21. The van der Waals surface area contributed by atoms with Crippen molar-refractivity contribution in [3.8, 4) is 0 Å².